The molecule has 7 heteroatoms. The van der Waals surface area contributed by atoms with E-state index in [0.717, 1.165) is 19.0 Å². The van der Waals surface area contributed by atoms with E-state index in [4.69, 9.17) is 0 Å². The van der Waals surface area contributed by atoms with Crippen molar-refractivity contribution in [2.75, 3.05) is 0 Å². The molecule has 0 spiro atoms. The first-order valence-corrected chi connectivity index (χ1v) is 5.76. The fourth-order valence-electron chi connectivity index (χ4n) is 1.55. The van der Waals surface area contributed by atoms with Crippen LogP contribution in [0.2, 0.25) is 0 Å². The lowest BCUT2D eigenvalue weighted by atomic mass is 10.1. The van der Waals surface area contributed by atoms with Gasteiger partial charge in [-0.3, -0.25) is 0 Å². The molecule has 0 aliphatic heterocycles. The van der Waals surface area contributed by atoms with Crippen molar-refractivity contribution in [2.24, 2.45) is 5.92 Å². The molecule has 0 aromatic carbocycles. The molecule has 2 rings (SSSR count). The number of nitrogens with zero attached hydrogens (tertiary/aromatic N) is 1. The zero-order valence-electron chi connectivity index (χ0n) is 8.54. The van der Waals surface area contributed by atoms with Gasteiger partial charge in [0.1, 0.15) is 5.82 Å². The minimum absolute atomic E-state index is 0.0254. The minimum Gasteiger partial charge on any atom is -0.416 e. The summed E-state index contributed by atoms with van der Waals surface area (Å²) < 4.78 is 41.7. The number of pyridine rings is 1. The number of halogens is 4. The summed E-state index contributed by atoms with van der Waals surface area (Å²) in [5.74, 6) is -1.18. The third-order valence-electron chi connectivity index (χ3n) is 2.54. The molecule has 0 amide bonds. The van der Waals surface area contributed by atoms with E-state index >= 15 is 0 Å². The Morgan fingerprint density at radius 1 is 1.47 bits per heavy atom. The van der Waals surface area contributed by atoms with E-state index in [9.17, 15) is 18.3 Å². The molecule has 0 radical (unpaired) electrons. The topological polar surface area (TPSA) is 42.4 Å². The molecule has 3 nitrogen and oxygen atoms in total. The second-order valence-electron chi connectivity index (χ2n) is 3.80. The first kappa shape index (κ1) is 12.6. The van der Waals surface area contributed by atoms with Crippen LogP contribution in [-0.4, -0.2) is 16.7 Å². The lowest BCUT2D eigenvalue weighted by Crippen LogP contribution is -2.09. The normalized spacial score (nSPS) is 17.3. The Bertz CT molecular complexity index is 426. The molecule has 1 unspecified atom stereocenters. The van der Waals surface area contributed by atoms with E-state index in [1.807, 2.05) is 0 Å². The van der Waals surface area contributed by atoms with E-state index in [2.05, 4.69) is 25.7 Å². The SMILES string of the molecule is OC(c1c(F)cnc(OC(F)F)c1Br)C1CC1. The smallest absolute Gasteiger partial charge is 0.388 e. The van der Waals surface area contributed by atoms with Crippen LogP contribution in [0.5, 0.6) is 5.88 Å². The Hall–Kier alpha value is -0.820. The number of alkyl halides is 2. The van der Waals surface area contributed by atoms with Crippen LogP contribution in [0.15, 0.2) is 10.7 Å². The van der Waals surface area contributed by atoms with Gasteiger partial charge in [-0.25, -0.2) is 9.37 Å². The maximum Gasteiger partial charge on any atom is 0.388 e. The number of aromatic nitrogens is 1. The van der Waals surface area contributed by atoms with Crippen molar-refractivity contribution >= 4 is 15.9 Å². The van der Waals surface area contributed by atoms with Crippen LogP contribution in [0, 0.1) is 11.7 Å². The first-order valence-electron chi connectivity index (χ1n) is 4.97. The molecule has 1 heterocycles. The predicted octanol–water partition coefficient (Wildman–Crippen LogP) is 3.03. The van der Waals surface area contributed by atoms with Gasteiger partial charge in [0.15, 0.2) is 0 Å². The van der Waals surface area contributed by atoms with E-state index in [1.54, 1.807) is 0 Å². The standard InChI is InChI=1S/C10H9BrF3NO2/c11-7-6(8(16)4-1-2-4)5(12)3-15-9(7)17-10(13)14/h3-4,8,10,16H,1-2H2. The summed E-state index contributed by atoms with van der Waals surface area (Å²) in [6, 6.07) is 0. The summed E-state index contributed by atoms with van der Waals surface area (Å²) in [5.41, 5.74) is -0.0712. The molecule has 0 bridgehead atoms. The molecule has 1 fully saturated rings. The molecule has 1 atom stereocenters. The Morgan fingerprint density at radius 2 is 2.12 bits per heavy atom. The number of aliphatic hydroxyl groups is 1. The van der Waals surface area contributed by atoms with Gasteiger partial charge in [0.25, 0.3) is 0 Å². The van der Waals surface area contributed by atoms with E-state index in [1.165, 1.54) is 0 Å². The van der Waals surface area contributed by atoms with Crippen LogP contribution >= 0.6 is 15.9 Å². The lowest BCUT2D eigenvalue weighted by molar-refractivity contribution is -0.0537. The maximum absolute atomic E-state index is 13.5. The molecular formula is C10H9BrF3NO2. The Labute approximate surface area is 104 Å². The zero-order valence-corrected chi connectivity index (χ0v) is 10.1. The van der Waals surface area contributed by atoms with E-state index in [0.29, 0.717) is 0 Å². The molecule has 1 aliphatic rings. The zero-order chi connectivity index (χ0) is 12.6. The van der Waals surface area contributed by atoms with Crippen LogP contribution in [0.3, 0.4) is 0 Å². The third-order valence-corrected chi connectivity index (χ3v) is 3.31. The van der Waals surface area contributed by atoms with E-state index in [-0.39, 0.29) is 16.0 Å². The lowest BCUT2D eigenvalue weighted by Gasteiger charge is -2.15. The fourth-order valence-corrected chi connectivity index (χ4v) is 2.17. The Kier molecular flexibility index (Phi) is 3.58. The van der Waals surface area contributed by atoms with Crippen molar-refractivity contribution in [3.8, 4) is 5.88 Å². The molecule has 1 aromatic heterocycles. The average molecular weight is 312 g/mol. The summed E-state index contributed by atoms with van der Waals surface area (Å²) >= 11 is 2.94. The molecule has 1 N–H and O–H groups in total. The van der Waals surface area contributed by atoms with Gasteiger partial charge in [-0.15, -0.1) is 0 Å². The van der Waals surface area contributed by atoms with Crippen LogP contribution in [-0.2, 0) is 0 Å². The highest BCUT2D eigenvalue weighted by Gasteiger charge is 2.35. The molecule has 1 aliphatic carbocycles. The molecular weight excluding hydrogens is 303 g/mol. The first-order chi connectivity index (χ1) is 8.00. The van der Waals surface area contributed by atoms with Gasteiger partial charge in [-0.2, -0.15) is 8.78 Å². The fraction of sp³-hybridized carbons (Fsp3) is 0.500. The summed E-state index contributed by atoms with van der Waals surface area (Å²) in [7, 11) is 0. The van der Waals surface area contributed by atoms with Crippen molar-refractivity contribution < 1.29 is 23.0 Å². The number of hydrogen-bond donors (Lipinski definition) is 1. The highest BCUT2D eigenvalue weighted by atomic mass is 79.9. The van der Waals surface area contributed by atoms with Crippen LogP contribution in [0.4, 0.5) is 13.2 Å². The van der Waals surface area contributed by atoms with E-state index < -0.39 is 24.4 Å². The highest BCUT2D eigenvalue weighted by molar-refractivity contribution is 9.10. The van der Waals surface area contributed by atoms with Crippen LogP contribution in [0.1, 0.15) is 24.5 Å². The second kappa shape index (κ2) is 4.81. The number of hydrogen-bond acceptors (Lipinski definition) is 3. The van der Waals surface area contributed by atoms with Crippen molar-refractivity contribution in [2.45, 2.75) is 25.6 Å². The molecule has 1 saturated carbocycles. The van der Waals surface area contributed by atoms with Gasteiger partial charge in [0, 0.05) is 5.56 Å². The molecule has 17 heavy (non-hydrogen) atoms. The number of rotatable bonds is 4. The number of aliphatic hydroxyl groups excluding tert-OH is 1. The maximum atomic E-state index is 13.5. The summed E-state index contributed by atoms with van der Waals surface area (Å²) in [6.07, 6.45) is 1.33. The molecule has 94 valence electrons. The Balaban J connectivity index is 2.35. The Morgan fingerprint density at radius 3 is 2.65 bits per heavy atom. The largest absolute Gasteiger partial charge is 0.416 e. The van der Waals surface area contributed by atoms with Gasteiger partial charge < -0.3 is 9.84 Å². The number of ether oxygens (including phenoxy) is 1. The average Bonchev–Trinajstić information content (AvgIpc) is 3.05. The van der Waals surface area contributed by atoms with Crippen molar-refractivity contribution in [1.82, 2.24) is 4.98 Å². The summed E-state index contributed by atoms with van der Waals surface area (Å²) in [4.78, 5) is 3.41. The van der Waals surface area contributed by atoms with Crippen LogP contribution in [0.25, 0.3) is 0 Å². The van der Waals surface area contributed by atoms with Gasteiger partial charge in [-0.1, -0.05) is 0 Å². The van der Waals surface area contributed by atoms with Crippen LogP contribution < -0.4 is 4.74 Å². The minimum atomic E-state index is -3.05. The van der Waals surface area contributed by atoms with Crippen molar-refractivity contribution in [3.05, 3.63) is 22.1 Å². The highest BCUT2D eigenvalue weighted by Crippen LogP contribution is 2.45. The second-order valence-corrected chi connectivity index (χ2v) is 4.59. The monoisotopic (exact) mass is 311 g/mol. The van der Waals surface area contributed by atoms with Crippen molar-refractivity contribution in [3.63, 3.8) is 0 Å². The quantitative estimate of drug-likeness (QED) is 0.929. The summed E-state index contributed by atoms with van der Waals surface area (Å²) in [5, 5.41) is 9.84. The molecule has 0 saturated heterocycles. The third kappa shape index (κ3) is 2.71. The van der Waals surface area contributed by atoms with Gasteiger partial charge in [0.2, 0.25) is 5.88 Å². The van der Waals surface area contributed by atoms with Gasteiger partial charge >= 0.3 is 6.61 Å². The summed E-state index contributed by atoms with van der Waals surface area (Å²) in [6.45, 7) is -3.05. The van der Waals surface area contributed by atoms with Crippen molar-refractivity contribution in [1.29, 1.82) is 0 Å². The van der Waals surface area contributed by atoms with Gasteiger partial charge in [0.05, 0.1) is 16.8 Å². The van der Waals surface area contributed by atoms with Gasteiger partial charge in [-0.05, 0) is 34.7 Å². The predicted molar refractivity (Wildman–Crippen MR) is 56.2 cm³/mol. The molecule has 1 aromatic rings.